The van der Waals surface area contributed by atoms with E-state index in [-0.39, 0.29) is 42.2 Å². The number of likely N-dealkylation sites (tertiary alicyclic amines) is 1. The van der Waals surface area contributed by atoms with Gasteiger partial charge in [-0.05, 0) is 43.0 Å². The predicted octanol–water partition coefficient (Wildman–Crippen LogP) is 4.28. The van der Waals surface area contributed by atoms with Gasteiger partial charge in [-0.3, -0.25) is 14.6 Å². The van der Waals surface area contributed by atoms with E-state index in [4.69, 9.17) is 4.74 Å². The maximum atomic E-state index is 14.8. The number of amides is 2. The Hall–Kier alpha value is -3.15. The van der Waals surface area contributed by atoms with Gasteiger partial charge in [-0.15, -0.1) is 0 Å². The standard InChI is InChI=1S/C24H21F6N3O3/c25-16-8-14(24(28,29)30)1-2-15(16)20(13-9-36-10-13)32-22(34)19-7-12-6-18(12)33(19)23(35)11-3-4-31-17(5-11)21(26)27/h1-5,8,12-13,18-21H,6-7,9-10H2,(H,32,34)/t12-,18-,19-,20?/m1/s1. The quantitative estimate of drug-likeness (QED) is 0.586. The zero-order valence-corrected chi connectivity index (χ0v) is 18.6. The van der Waals surface area contributed by atoms with E-state index in [0.29, 0.717) is 18.9 Å². The van der Waals surface area contributed by atoms with Crippen molar-refractivity contribution in [1.82, 2.24) is 15.2 Å². The lowest BCUT2D eigenvalue weighted by atomic mass is 9.90. The molecule has 2 aliphatic heterocycles. The lowest BCUT2D eigenvalue weighted by Crippen LogP contribution is -2.51. The summed E-state index contributed by atoms with van der Waals surface area (Å²) in [5.41, 5.74) is -1.84. The fraction of sp³-hybridized carbons (Fsp3) is 0.458. The summed E-state index contributed by atoms with van der Waals surface area (Å²) in [5, 5.41) is 2.72. The van der Waals surface area contributed by atoms with E-state index >= 15 is 0 Å². The Balaban J connectivity index is 1.38. The molecule has 3 fully saturated rings. The van der Waals surface area contributed by atoms with Crippen molar-refractivity contribution in [2.24, 2.45) is 11.8 Å². The molecule has 2 aromatic rings. The molecule has 3 aliphatic rings. The van der Waals surface area contributed by atoms with Crippen LogP contribution >= 0.6 is 0 Å². The van der Waals surface area contributed by atoms with Gasteiger partial charge in [0, 0.05) is 29.3 Å². The van der Waals surface area contributed by atoms with Crippen molar-refractivity contribution in [2.45, 2.75) is 43.6 Å². The number of pyridine rings is 1. The lowest BCUT2D eigenvalue weighted by Gasteiger charge is -2.36. The summed E-state index contributed by atoms with van der Waals surface area (Å²) >= 11 is 0. The van der Waals surface area contributed by atoms with Crippen molar-refractivity contribution in [3.05, 3.63) is 64.7 Å². The highest BCUT2D eigenvalue weighted by Gasteiger charge is 2.56. The van der Waals surface area contributed by atoms with Crippen LogP contribution in [0.15, 0.2) is 36.5 Å². The molecule has 192 valence electrons. The third kappa shape index (κ3) is 4.54. The van der Waals surface area contributed by atoms with Gasteiger partial charge < -0.3 is 15.0 Å². The fourth-order valence-corrected chi connectivity index (χ4v) is 4.93. The molecule has 4 atom stereocenters. The Morgan fingerprint density at radius 1 is 1.11 bits per heavy atom. The molecule has 2 saturated heterocycles. The highest BCUT2D eigenvalue weighted by atomic mass is 19.4. The van der Waals surface area contributed by atoms with E-state index in [1.165, 1.54) is 11.0 Å². The average Bonchev–Trinajstić information content (AvgIpc) is 3.45. The molecule has 1 N–H and O–H groups in total. The minimum Gasteiger partial charge on any atom is -0.381 e. The zero-order valence-electron chi connectivity index (χ0n) is 18.6. The number of carbonyl (C=O) groups excluding carboxylic acids is 2. The van der Waals surface area contributed by atoms with Gasteiger partial charge >= 0.3 is 6.18 Å². The van der Waals surface area contributed by atoms with Crippen molar-refractivity contribution in [3.63, 3.8) is 0 Å². The molecule has 1 unspecified atom stereocenters. The highest BCUT2D eigenvalue weighted by molar-refractivity contribution is 5.98. The SMILES string of the molecule is O=C(NC(c1ccc(C(F)(F)F)cc1F)C1COC1)[C@H]1C[C@H]2C[C@H]2N1C(=O)c1ccnc(C(F)F)c1. The molecule has 0 spiro atoms. The van der Waals surface area contributed by atoms with Crippen LogP contribution in [0.2, 0.25) is 0 Å². The number of fused-ring (bicyclic) bond motifs is 1. The van der Waals surface area contributed by atoms with Crippen molar-refractivity contribution >= 4 is 11.8 Å². The molecule has 1 aromatic carbocycles. The molecule has 3 heterocycles. The third-order valence-corrected chi connectivity index (χ3v) is 6.99. The number of ether oxygens (including phenoxy) is 1. The number of rotatable bonds is 6. The Morgan fingerprint density at radius 3 is 2.47 bits per heavy atom. The van der Waals surface area contributed by atoms with Crippen LogP contribution in [0.3, 0.4) is 0 Å². The van der Waals surface area contributed by atoms with Crippen molar-refractivity contribution in [3.8, 4) is 0 Å². The first-order chi connectivity index (χ1) is 17.0. The second-order valence-corrected chi connectivity index (χ2v) is 9.31. The van der Waals surface area contributed by atoms with Crippen LogP contribution in [0, 0.1) is 17.7 Å². The second kappa shape index (κ2) is 9.06. The summed E-state index contributed by atoms with van der Waals surface area (Å²) in [5.74, 6) is -2.58. The van der Waals surface area contributed by atoms with Crippen LogP contribution in [-0.2, 0) is 15.7 Å². The monoisotopic (exact) mass is 513 g/mol. The summed E-state index contributed by atoms with van der Waals surface area (Å²) < 4.78 is 85.0. The Bertz CT molecular complexity index is 1190. The van der Waals surface area contributed by atoms with E-state index in [1.54, 1.807) is 0 Å². The predicted molar refractivity (Wildman–Crippen MR) is 112 cm³/mol. The summed E-state index contributed by atoms with van der Waals surface area (Å²) in [4.78, 5) is 31.4. The molecule has 1 aromatic heterocycles. The molecular weight excluding hydrogens is 492 g/mol. The minimum atomic E-state index is -4.72. The first-order valence-electron chi connectivity index (χ1n) is 11.4. The van der Waals surface area contributed by atoms with Gasteiger partial charge in [0.15, 0.2) is 0 Å². The molecule has 1 saturated carbocycles. The van der Waals surface area contributed by atoms with Crippen LogP contribution in [-0.4, -0.2) is 47.0 Å². The Labute approximate surface area is 201 Å². The number of carbonyl (C=O) groups is 2. The summed E-state index contributed by atoms with van der Waals surface area (Å²) in [6.45, 7) is 0.356. The number of piperidine rings is 1. The smallest absolute Gasteiger partial charge is 0.381 e. The minimum absolute atomic E-state index is 0.0247. The van der Waals surface area contributed by atoms with Crippen LogP contribution in [0.5, 0.6) is 0 Å². The van der Waals surface area contributed by atoms with Crippen LogP contribution < -0.4 is 5.32 Å². The number of benzene rings is 1. The molecule has 2 amide bonds. The van der Waals surface area contributed by atoms with Crippen LogP contribution in [0.4, 0.5) is 26.3 Å². The first kappa shape index (κ1) is 24.5. The molecular formula is C24H21F6N3O3. The highest BCUT2D eigenvalue weighted by Crippen LogP contribution is 2.48. The zero-order chi connectivity index (χ0) is 25.8. The number of hydrogen-bond acceptors (Lipinski definition) is 4. The van der Waals surface area contributed by atoms with Crippen molar-refractivity contribution < 1.29 is 40.7 Å². The van der Waals surface area contributed by atoms with Gasteiger partial charge in [-0.25, -0.2) is 13.2 Å². The van der Waals surface area contributed by atoms with E-state index in [9.17, 15) is 35.9 Å². The van der Waals surface area contributed by atoms with Gasteiger partial charge in [0.1, 0.15) is 17.6 Å². The van der Waals surface area contributed by atoms with Crippen molar-refractivity contribution in [1.29, 1.82) is 0 Å². The van der Waals surface area contributed by atoms with E-state index in [1.807, 2.05) is 0 Å². The van der Waals surface area contributed by atoms with Gasteiger partial charge in [-0.2, -0.15) is 13.2 Å². The molecule has 1 aliphatic carbocycles. The number of aromatic nitrogens is 1. The topological polar surface area (TPSA) is 71.5 Å². The summed E-state index contributed by atoms with van der Waals surface area (Å²) in [6.07, 6.45) is -5.47. The molecule has 12 heteroatoms. The normalized spacial score (nSPS) is 24.3. The molecule has 5 rings (SSSR count). The maximum Gasteiger partial charge on any atom is 0.416 e. The maximum absolute atomic E-state index is 14.8. The Morgan fingerprint density at radius 2 is 1.86 bits per heavy atom. The molecule has 0 radical (unpaired) electrons. The Kier molecular flexibility index (Phi) is 6.17. The van der Waals surface area contributed by atoms with Gasteiger partial charge in [0.2, 0.25) is 5.91 Å². The lowest BCUT2D eigenvalue weighted by molar-refractivity contribution is -0.138. The van der Waals surface area contributed by atoms with E-state index in [0.717, 1.165) is 24.4 Å². The average molecular weight is 513 g/mol. The molecule has 0 bridgehead atoms. The van der Waals surface area contributed by atoms with Crippen LogP contribution in [0.25, 0.3) is 0 Å². The third-order valence-electron chi connectivity index (χ3n) is 6.99. The molecule has 36 heavy (non-hydrogen) atoms. The van der Waals surface area contributed by atoms with Crippen LogP contribution in [0.1, 0.15) is 52.5 Å². The van der Waals surface area contributed by atoms with Gasteiger partial charge in [0.25, 0.3) is 12.3 Å². The number of halogens is 6. The largest absolute Gasteiger partial charge is 0.416 e. The second-order valence-electron chi connectivity index (χ2n) is 9.31. The van der Waals surface area contributed by atoms with Gasteiger partial charge in [-0.1, -0.05) is 6.07 Å². The number of nitrogens with one attached hydrogen (secondary N) is 1. The van der Waals surface area contributed by atoms with E-state index < -0.39 is 53.6 Å². The summed E-state index contributed by atoms with van der Waals surface area (Å²) in [6, 6.07) is 2.32. The fourth-order valence-electron chi connectivity index (χ4n) is 4.93. The number of alkyl halides is 5. The summed E-state index contributed by atoms with van der Waals surface area (Å²) in [7, 11) is 0. The first-order valence-corrected chi connectivity index (χ1v) is 11.4. The van der Waals surface area contributed by atoms with Crippen molar-refractivity contribution in [2.75, 3.05) is 13.2 Å². The number of nitrogens with zero attached hydrogens (tertiary/aromatic N) is 2. The number of hydrogen-bond donors (Lipinski definition) is 1. The van der Waals surface area contributed by atoms with E-state index in [2.05, 4.69) is 10.3 Å². The molecule has 6 nitrogen and oxygen atoms in total. The van der Waals surface area contributed by atoms with Gasteiger partial charge in [0.05, 0.1) is 24.8 Å².